The van der Waals surface area contributed by atoms with E-state index in [2.05, 4.69) is 9.62 Å². The Hall–Kier alpha value is -0.260. The molecule has 0 unspecified atom stereocenters. The van der Waals surface area contributed by atoms with Gasteiger partial charge < -0.3 is 4.74 Å². The second kappa shape index (κ2) is 9.14. The highest BCUT2D eigenvalue weighted by Gasteiger charge is 2.19. The zero-order valence-corrected chi connectivity index (χ0v) is 15.0. The predicted molar refractivity (Wildman–Crippen MR) is 85.8 cm³/mol. The van der Waals surface area contributed by atoms with Gasteiger partial charge in [0.2, 0.25) is 20.0 Å². The Bertz CT molecular complexity index is 515. The van der Waals surface area contributed by atoms with Crippen molar-refractivity contribution in [2.75, 3.05) is 64.5 Å². The van der Waals surface area contributed by atoms with E-state index in [1.807, 2.05) is 0 Å². The monoisotopic (exact) mass is 357 g/mol. The van der Waals surface area contributed by atoms with Gasteiger partial charge in [0, 0.05) is 39.3 Å². The normalized spacial score (nSPS) is 18.0. The maximum atomic E-state index is 11.8. The summed E-state index contributed by atoms with van der Waals surface area (Å²) in [4.78, 5) is 2.14. The van der Waals surface area contributed by atoms with Gasteiger partial charge in [-0.15, -0.1) is 0 Å². The molecule has 1 rings (SSSR count). The van der Waals surface area contributed by atoms with E-state index in [4.69, 9.17) is 4.74 Å². The maximum absolute atomic E-state index is 11.8. The quantitative estimate of drug-likeness (QED) is 0.534. The number of nitrogens with one attached hydrogen (secondary N) is 1. The van der Waals surface area contributed by atoms with Crippen molar-refractivity contribution in [2.45, 2.75) is 13.3 Å². The fourth-order valence-corrected chi connectivity index (χ4v) is 4.11. The van der Waals surface area contributed by atoms with Crippen LogP contribution in [0.4, 0.5) is 0 Å². The maximum Gasteiger partial charge on any atom is 0.211 e. The van der Waals surface area contributed by atoms with Gasteiger partial charge in [-0.2, -0.15) is 4.31 Å². The molecule has 0 amide bonds. The number of ether oxygens (including phenoxy) is 1. The number of nitrogens with zero attached hydrogens (tertiary/aromatic N) is 2. The number of morpholine rings is 1. The van der Waals surface area contributed by atoms with Crippen LogP contribution in [0, 0.1) is 0 Å². The summed E-state index contributed by atoms with van der Waals surface area (Å²) in [7, 11) is -6.66. The summed E-state index contributed by atoms with van der Waals surface area (Å²) in [6.07, 6.45) is 1.68. The molecule has 1 aliphatic rings. The summed E-state index contributed by atoms with van der Waals surface area (Å²) in [5.41, 5.74) is 0. The smallest absolute Gasteiger partial charge is 0.211 e. The molecule has 0 aromatic rings. The minimum absolute atomic E-state index is 0.0552. The van der Waals surface area contributed by atoms with E-state index in [0.29, 0.717) is 32.7 Å². The van der Waals surface area contributed by atoms with Crippen molar-refractivity contribution in [1.82, 2.24) is 13.9 Å². The zero-order chi connectivity index (χ0) is 16.6. The average Bonchev–Trinajstić information content (AvgIpc) is 2.42. The first-order chi connectivity index (χ1) is 10.2. The first-order valence-electron chi connectivity index (χ1n) is 7.47. The molecule has 0 atom stereocenters. The van der Waals surface area contributed by atoms with Crippen LogP contribution in [0.1, 0.15) is 13.3 Å². The van der Waals surface area contributed by atoms with Gasteiger partial charge in [-0.05, 0) is 6.42 Å². The molecule has 132 valence electrons. The Morgan fingerprint density at radius 1 is 1.14 bits per heavy atom. The molecular weight excluding hydrogens is 330 g/mol. The molecule has 8 nitrogen and oxygen atoms in total. The number of hydrogen-bond acceptors (Lipinski definition) is 6. The van der Waals surface area contributed by atoms with E-state index in [1.54, 1.807) is 6.92 Å². The van der Waals surface area contributed by atoms with Gasteiger partial charge in [0.25, 0.3) is 0 Å². The predicted octanol–water partition coefficient (Wildman–Crippen LogP) is -1.09. The Kier molecular flexibility index (Phi) is 8.22. The Labute approximate surface area is 133 Å². The molecule has 1 fully saturated rings. The van der Waals surface area contributed by atoms with Gasteiger partial charge in [-0.3, -0.25) is 4.90 Å². The fourth-order valence-electron chi connectivity index (χ4n) is 2.19. The Morgan fingerprint density at radius 3 is 2.32 bits per heavy atom. The van der Waals surface area contributed by atoms with Gasteiger partial charge in [0.1, 0.15) is 0 Å². The second-order valence-electron chi connectivity index (χ2n) is 5.33. The van der Waals surface area contributed by atoms with Gasteiger partial charge in [-0.1, -0.05) is 6.92 Å². The SMILES string of the molecule is CCCS(=O)(=O)NCCN(CCN1CCOCC1)S(C)(=O)=O. The summed E-state index contributed by atoms with van der Waals surface area (Å²) in [6, 6.07) is 0. The lowest BCUT2D eigenvalue weighted by Crippen LogP contribution is -2.45. The van der Waals surface area contributed by atoms with Crippen molar-refractivity contribution in [2.24, 2.45) is 0 Å². The fraction of sp³-hybridized carbons (Fsp3) is 1.00. The molecule has 0 radical (unpaired) electrons. The van der Waals surface area contributed by atoms with E-state index < -0.39 is 20.0 Å². The zero-order valence-electron chi connectivity index (χ0n) is 13.3. The van der Waals surface area contributed by atoms with Crippen LogP contribution in [0.2, 0.25) is 0 Å². The van der Waals surface area contributed by atoms with Crippen molar-refractivity contribution in [1.29, 1.82) is 0 Å². The highest BCUT2D eigenvalue weighted by molar-refractivity contribution is 7.89. The number of hydrogen-bond donors (Lipinski definition) is 1. The minimum Gasteiger partial charge on any atom is -0.379 e. The van der Waals surface area contributed by atoms with Crippen LogP contribution < -0.4 is 4.72 Å². The summed E-state index contributed by atoms with van der Waals surface area (Å²) in [5.74, 6) is 0.0552. The molecule has 0 bridgehead atoms. The summed E-state index contributed by atoms with van der Waals surface area (Å²) in [6.45, 7) is 5.91. The van der Waals surface area contributed by atoms with Crippen molar-refractivity contribution in [3.8, 4) is 0 Å². The number of rotatable bonds is 10. The van der Waals surface area contributed by atoms with E-state index in [1.165, 1.54) is 4.31 Å². The van der Waals surface area contributed by atoms with Crippen molar-refractivity contribution >= 4 is 20.0 Å². The van der Waals surface area contributed by atoms with Crippen molar-refractivity contribution in [3.05, 3.63) is 0 Å². The third kappa shape index (κ3) is 7.84. The van der Waals surface area contributed by atoms with Crippen molar-refractivity contribution in [3.63, 3.8) is 0 Å². The second-order valence-corrected chi connectivity index (χ2v) is 9.24. The molecule has 0 aromatic carbocycles. The van der Waals surface area contributed by atoms with E-state index in [-0.39, 0.29) is 18.8 Å². The first-order valence-corrected chi connectivity index (χ1v) is 11.0. The number of sulfonamides is 2. The van der Waals surface area contributed by atoms with Gasteiger partial charge in [0.05, 0.1) is 25.2 Å². The Morgan fingerprint density at radius 2 is 1.77 bits per heavy atom. The lowest BCUT2D eigenvalue weighted by atomic mass is 10.4. The lowest BCUT2D eigenvalue weighted by molar-refractivity contribution is 0.0363. The molecular formula is C12H27N3O5S2. The molecule has 1 N–H and O–H groups in total. The molecule has 0 spiro atoms. The first kappa shape index (κ1) is 19.8. The Balaban J connectivity index is 2.44. The molecule has 0 saturated carbocycles. The highest BCUT2D eigenvalue weighted by Crippen LogP contribution is 2.01. The highest BCUT2D eigenvalue weighted by atomic mass is 32.2. The largest absolute Gasteiger partial charge is 0.379 e. The molecule has 1 saturated heterocycles. The minimum atomic E-state index is -3.36. The van der Waals surface area contributed by atoms with Crippen LogP contribution in [0.15, 0.2) is 0 Å². The average molecular weight is 357 g/mol. The standard InChI is InChI=1S/C12H27N3O5S2/c1-3-12-22(18,19)13-4-5-15(21(2,16)17)7-6-14-8-10-20-11-9-14/h13H,3-12H2,1-2H3. The summed E-state index contributed by atoms with van der Waals surface area (Å²) >= 11 is 0. The third-order valence-electron chi connectivity index (χ3n) is 3.39. The van der Waals surface area contributed by atoms with Crippen LogP contribution in [-0.4, -0.2) is 90.5 Å². The molecule has 10 heteroatoms. The van der Waals surface area contributed by atoms with Crippen LogP contribution in [0.5, 0.6) is 0 Å². The molecule has 22 heavy (non-hydrogen) atoms. The summed E-state index contributed by atoms with van der Waals surface area (Å²) in [5, 5.41) is 0. The third-order valence-corrected chi connectivity index (χ3v) is 6.29. The van der Waals surface area contributed by atoms with Gasteiger partial charge in [0.15, 0.2) is 0 Å². The molecule has 1 aliphatic heterocycles. The molecule has 1 heterocycles. The van der Waals surface area contributed by atoms with Crippen LogP contribution in [0.25, 0.3) is 0 Å². The van der Waals surface area contributed by atoms with Crippen molar-refractivity contribution < 1.29 is 21.6 Å². The van der Waals surface area contributed by atoms with E-state index >= 15 is 0 Å². The lowest BCUT2D eigenvalue weighted by Gasteiger charge is -2.29. The molecule has 0 aliphatic carbocycles. The van der Waals surface area contributed by atoms with E-state index in [0.717, 1.165) is 19.3 Å². The van der Waals surface area contributed by atoms with Gasteiger partial charge in [-0.25, -0.2) is 21.6 Å². The van der Waals surface area contributed by atoms with Crippen LogP contribution >= 0.6 is 0 Å². The van der Waals surface area contributed by atoms with E-state index in [9.17, 15) is 16.8 Å². The topological polar surface area (TPSA) is 96.0 Å². The van der Waals surface area contributed by atoms with Gasteiger partial charge >= 0.3 is 0 Å². The molecule has 0 aromatic heterocycles. The van der Waals surface area contributed by atoms with Crippen LogP contribution in [-0.2, 0) is 24.8 Å². The van der Waals surface area contributed by atoms with Crippen LogP contribution in [0.3, 0.4) is 0 Å². The summed E-state index contributed by atoms with van der Waals surface area (Å²) < 4.78 is 55.7.